The van der Waals surface area contributed by atoms with Crippen LogP contribution in [0.2, 0.25) is 0 Å². The van der Waals surface area contributed by atoms with Crippen LogP contribution in [-0.2, 0) is 6.54 Å². The van der Waals surface area contributed by atoms with E-state index in [9.17, 15) is 4.79 Å². The van der Waals surface area contributed by atoms with Crippen molar-refractivity contribution in [1.82, 2.24) is 15.0 Å². The van der Waals surface area contributed by atoms with Crippen molar-refractivity contribution in [2.45, 2.75) is 13.5 Å². The number of fused-ring (bicyclic) bond motifs is 1. The van der Waals surface area contributed by atoms with Crippen molar-refractivity contribution in [2.75, 3.05) is 12.0 Å². The zero-order valence-corrected chi connectivity index (χ0v) is 16.3. The summed E-state index contributed by atoms with van der Waals surface area (Å²) in [7, 11) is 1.62. The van der Waals surface area contributed by atoms with Gasteiger partial charge in [0.2, 0.25) is 0 Å². The number of hydrogen-bond acceptors (Lipinski definition) is 6. The predicted molar refractivity (Wildman–Crippen MR) is 110 cm³/mol. The molecule has 0 saturated heterocycles. The van der Waals surface area contributed by atoms with E-state index in [0.717, 1.165) is 21.3 Å². The number of thiazole rings is 1. The maximum absolute atomic E-state index is 13.2. The molecular weight excluding hydrogens is 372 g/mol. The number of rotatable bonds is 5. The largest absolute Gasteiger partial charge is 0.494 e. The summed E-state index contributed by atoms with van der Waals surface area (Å²) in [5.41, 5.74) is 3.13. The predicted octanol–water partition coefficient (Wildman–Crippen LogP) is 4.25. The average molecular weight is 390 g/mol. The highest BCUT2D eigenvalue weighted by Gasteiger charge is 2.24. The Labute approximate surface area is 166 Å². The quantitative estimate of drug-likeness (QED) is 0.510. The first-order valence-corrected chi connectivity index (χ1v) is 9.55. The van der Waals surface area contributed by atoms with Gasteiger partial charge in [-0.3, -0.25) is 14.7 Å². The number of amides is 1. The Morgan fingerprint density at radius 3 is 2.68 bits per heavy atom. The van der Waals surface area contributed by atoms with E-state index in [1.54, 1.807) is 18.2 Å². The van der Waals surface area contributed by atoms with Gasteiger partial charge in [0.25, 0.3) is 5.91 Å². The van der Waals surface area contributed by atoms with Crippen LogP contribution in [0.4, 0.5) is 5.13 Å². The minimum absolute atomic E-state index is 0.243. The summed E-state index contributed by atoms with van der Waals surface area (Å²) >= 11 is 1.47. The number of nitrogens with zero attached hydrogens (tertiary/aromatic N) is 4. The molecule has 0 radical (unpaired) electrons. The lowest BCUT2D eigenvalue weighted by atomic mass is 10.2. The molecule has 0 aliphatic rings. The molecule has 0 N–H and O–H groups in total. The molecule has 0 unspecified atom stereocenters. The maximum Gasteiger partial charge on any atom is 0.280 e. The molecule has 28 heavy (non-hydrogen) atoms. The Kier molecular flexibility index (Phi) is 4.99. The third-order valence-electron chi connectivity index (χ3n) is 4.35. The Morgan fingerprint density at radius 1 is 1.14 bits per heavy atom. The molecule has 0 spiro atoms. The number of carbonyl (C=O) groups is 1. The van der Waals surface area contributed by atoms with Crippen molar-refractivity contribution in [3.8, 4) is 5.75 Å². The van der Waals surface area contributed by atoms with Crippen LogP contribution in [0.3, 0.4) is 0 Å². The number of hydrogen-bond donors (Lipinski definition) is 0. The molecule has 0 fully saturated rings. The summed E-state index contributed by atoms with van der Waals surface area (Å²) in [6, 6.07) is 13.7. The maximum atomic E-state index is 13.2. The van der Waals surface area contributed by atoms with Gasteiger partial charge in [0, 0.05) is 12.4 Å². The average Bonchev–Trinajstić information content (AvgIpc) is 3.19. The highest BCUT2D eigenvalue weighted by molar-refractivity contribution is 7.22. The van der Waals surface area contributed by atoms with Gasteiger partial charge in [0.1, 0.15) is 17.0 Å². The first-order valence-electron chi connectivity index (χ1n) is 8.73. The van der Waals surface area contributed by atoms with Crippen molar-refractivity contribution in [2.24, 2.45) is 0 Å². The number of carbonyl (C=O) groups excluding carboxylic acids is 1. The Bertz CT molecular complexity index is 1110. The summed E-state index contributed by atoms with van der Waals surface area (Å²) < 4.78 is 6.46. The van der Waals surface area contributed by atoms with Gasteiger partial charge in [-0.2, -0.15) is 0 Å². The van der Waals surface area contributed by atoms with E-state index in [1.165, 1.54) is 23.7 Å². The van der Waals surface area contributed by atoms with Gasteiger partial charge in [-0.15, -0.1) is 0 Å². The van der Waals surface area contributed by atoms with Crippen molar-refractivity contribution >= 4 is 32.6 Å². The van der Waals surface area contributed by atoms with E-state index in [1.807, 2.05) is 49.4 Å². The molecule has 4 rings (SSSR count). The summed E-state index contributed by atoms with van der Waals surface area (Å²) in [6.07, 6.45) is 4.53. The monoisotopic (exact) mass is 390 g/mol. The van der Waals surface area contributed by atoms with Crippen molar-refractivity contribution < 1.29 is 9.53 Å². The molecule has 2 aromatic carbocycles. The summed E-state index contributed by atoms with van der Waals surface area (Å²) in [5.74, 6) is 0.447. The second-order valence-corrected chi connectivity index (χ2v) is 7.20. The lowest BCUT2D eigenvalue weighted by Crippen LogP contribution is -2.31. The number of methoxy groups -OCH3 is 1. The second kappa shape index (κ2) is 7.74. The molecule has 2 heterocycles. The number of anilines is 1. The molecule has 140 valence electrons. The van der Waals surface area contributed by atoms with Crippen LogP contribution in [0.1, 0.15) is 21.6 Å². The van der Waals surface area contributed by atoms with E-state index in [0.29, 0.717) is 17.4 Å². The molecule has 1 amide bonds. The van der Waals surface area contributed by atoms with Gasteiger partial charge in [-0.25, -0.2) is 9.97 Å². The van der Waals surface area contributed by atoms with Crippen LogP contribution >= 0.6 is 11.3 Å². The van der Waals surface area contributed by atoms with Gasteiger partial charge >= 0.3 is 0 Å². The second-order valence-electron chi connectivity index (χ2n) is 6.23. The third-order valence-corrected chi connectivity index (χ3v) is 5.57. The van der Waals surface area contributed by atoms with Crippen molar-refractivity contribution in [3.05, 3.63) is 77.9 Å². The lowest BCUT2D eigenvalue weighted by molar-refractivity contribution is 0.0980. The molecule has 6 nitrogen and oxygen atoms in total. The highest BCUT2D eigenvalue weighted by Crippen LogP contribution is 2.37. The van der Waals surface area contributed by atoms with Crippen LogP contribution in [-0.4, -0.2) is 28.0 Å². The van der Waals surface area contributed by atoms with E-state index in [-0.39, 0.29) is 11.6 Å². The molecule has 2 aromatic heterocycles. The Morgan fingerprint density at radius 2 is 1.96 bits per heavy atom. The van der Waals surface area contributed by atoms with Gasteiger partial charge in [-0.1, -0.05) is 47.7 Å². The molecule has 0 atom stereocenters. The normalized spacial score (nSPS) is 10.8. The topological polar surface area (TPSA) is 68.2 Å². The van der Waals surface area contributed by atoms with E-state index in [2.05, 4.69) is 9.97 Å². The number of benzene rings is 2. The zero-order valence-electron chi connectivity index (χ0n) is 15.5. The molecule has 0 aliphatic heterocycles. The van der Waals surface area contributed by atoms with Crippen molar-refractivity contribution in [1.29, 1.82) is 0 Å². The van der Waals surface area contributed by atoms with Gasteiger partial charge in [0.05, 0.1) is 24.6 Å². The lowest BCUT2D eigenvalue weighted by Gasteiger charge is -2.19. The van der Waals surface area contributed by atoms with E-state index in [4.69, 9.17) is 9.72 Å². The molecule has 4 aromatic rings. The zero-order chi connectivity index (χ0) is 19.5. The van der Waals surface area contributed by atoms with Crippen LogP contribution in [0, 0.1) is 6.92 Å². The van der Waals surface area contributed by atoms with Crippen LogP contribution < -0.4 is 9.64 Å². The molecular formula is C21H18N4O2S. The number of aryl methyl sites for hydroxylation is 1. The fourth-order valence-electron chi connectivity index (χ4n) is 2.92. The van der Waals surface area contributed by atoms with Crippen molar-refractivity contribution in [3.63, 3.8) is 0 Å². The van der Waals surface area contributed by atoms with Crippen LogP contribution in [0.25, 0.3) is 10.2 Å². The summed E-state index contributed by atoms with van der Waals surface area (Å²) in [6.45, 7) is 2.41. The molecule has 0 aliphatic carbocycles. The summed E-state index contributed by atoms with van der Waals surface area (Å²) in [5, 5.41) is 0.599. The fraction of sp³-hybridized carbons (Fsp3) is 0.143. The number of aromatic nitrogens is 3. The molecule has 7 heteroatoms. The first kappa shape index (κ1) is 18.1. The summed E-state index contributed by atoms with van der Waals surface area (Å²) in [4.78, 5) is 27.8. The minimum atomic E-state index is -0.243. The standard InChI is InChI=1S/C21H18N4O2S/c1-14-8-9-17(27-2)18-19(14)28-21(24-18)25(13-15-6-4-3-5-7-15)20(26)16-12-22-10-11-23-16/h3-12H,13H2,1-2H3. The Hall–Kier alpha value is -3.32. The van der Waals surface area contributed by atoms with Crippen LogP contribution in [0.5, 0.6) is 5.75 Å². The smallest absolute Gasteiger partial charge is 0.280 e. The minimum Gasteiger partial charge on any atom is -0.494 e. The van der Waals surface area contributed by atoms with Gasteiger partial charge < -0.3 is 4.74 Å². The first-order chi connectivity index (χ1) is 13.7. The van der Waals surface area contributed by atoms with Crippen LogP contribution in [0.15, 0.2) is 61.1 Å². The van der Waals surface area contributed by atoms with Gasteiger partial charge in [0.15, 0.2) is 5.13 Å². The highest BCUT2D eigenvalue weighted by atomic mass is 32.1. The fourth-order valence-corrected chi connectivity index (χ4v) is 3.97. The Balaban J connectivity index is 1.82. The molecule has 0 bridgehead atoms. The third kappa shape index (κ3) is 3.44. The van der Waals surface area contributed by atoms with E-state index >= 15 is 0 Å². The SMILES string of the molecule is COc1ccc(C)c2sc(N(Cc3ccccc3)C(=O)c3cnccn3)nc12. The van der Waals surface area contributed by atoms with E-state index < -0.39 is 0 Å². The number of ether oxygens (including phenoxy) is 1. The van der Waals surface area contributed by atoms with Gasteiger partial charge in [-0.05, 0) is 24.1 Å². The molecule has 0 saturated carbocycles.